The minimum absolute atomic E-state index is 0.0608. The number of rotatable bonds is 4. The Hall–Kier alpha value is -1.08. The third-order valence-electron chi connectivity index (χ3n) is 1.92. The molecule has 0 aliphatic rings. The number of hydrogen-bond acceptors (Lipinski definition) is 4. The van der Waals surface area contributed by atoms with E-state index in [1.54, 1.807) is 0 Å². The van der Waals surface area contributed by atoms with Gasteiger partial charge in [-0.15, -0.1) is 0 Å². The second kappa shape index (κ2) is 6.19. The number of aliphatic hydroxyl groups is 1. The summed E-state index contributed by atoms with van der Waals surface area (Å²) in [6, 6.07) is -1.45. The number of aliphatic carboxylic acids is 1. The molecule has 0 aromatic carbocycles. The van der Waals surface area contributed by atoms with Crippen LogP contribution in [0.1, 0.15) is 10.5 Å². The number of nitrogens with one attached hydrogen (secondary N) is 1. The van der Waals surface area contributed by atoms with Crippen molar-refractivity contribution < 1.29 is 19.8 Å². The minimum atomic E-state index is -1.45. The maximum absolute atomic E-state index is 11.7. The van der Waals surface area contributed by atoms with Crippen molar-refractivity contribution in [1.29, 1.82) is 0 Å². The van der Waals surface area contributed by atoms with Crippen LogP contribution in [0.25, 0.3) is 0 Å². The number of carbonyl (C=O) groups is 2. The number of nitrogens with zero attached hydrogens (tertiary/aromatic N) is 1. The molecular weight excluding hydrogens is 306 g/mol. The Balaban J connectivity index is 2.98. The minimum Gasteiger partial charge on any atom is -0.480 e. The molecule has 0 aliphatic carbocycles. The highest BCUT2D eigenvalue weighted by Crippen LogP contribution is 2.30. The first-order chi connectivity index (χ1) is 8.38. The Kier molecular flexibility index (Phi) is 5.15. The van der Waals surface area contributed by atoms with Crippen molar-refractivity contribution in [3.8, 4) is 0 Å². The van der Waals surface area contributed by atoms with E-state index < -0.39 is 24.5 Å². The molecule has 0 radical (unpaired) electrons. The average Bonchev–Trinajstić information content (AvgIpc) is 2.32. The van der Waals surface area contributed by atoms with Crippen molar-refractivity contribution in [3.63, 3.8) is 0 Å². The van der Waals surface area contributed by atoms with E-state index in [1.165, 1.54) is 0 Å². The van der Waals surface area contributed by atoms with Gasteiger partial charge in [-0.05, 0) is 0 Å². The highest BCUT2D eigenvalue weighted by atomic mass is 35.5. The Labute approximate surface area is 116 Å². The summed E-state index contributed by atoms with van der Waals surface area (Å²) in [4.78, 5) is 25.9. The first kappa shape index (κ1) is 15.0. The maximum Gasteiger partial charge on any atom is 0.328 e. The predicted octanol–water partition coefficient (Wildman–Crippen LogP) is 1.22. The van der Waals surface area contributed by atoms with Crippen molar-refractivity contribution in [1.82, 2.24) is 10.3 Å². The highest BCUT2D eigenvalue weighted by Gasteiger charge is 2.23. The Morgan fingerprint density at radius 1 is 1.33 bits per heavy atom. The number of hydrogen-bond donors (Lipinski definition) is 3. The normalized spacial score (nSPS) is 12.0. The molecular formula is C9H7Cl3N2O4. The molecule has 3 N–H and O–H groups in total. The van der Waals surface area contributed by atoms with E-state index in [0.29, 0.717) is 0 Å². The van der Waals surface area contributed by atoms with Gasteiger partial charge in [0.15, 0.2) is 6.04 Å². The molecule has 1 amide bonds. The van der Waals surface area contributed by atoms with Crippen LogP contribution in [0.2, 0.25) is 15.1 Å². The van der Waals surface area contributed by atoms with Gasteiger partial charge in [-0.2, -0.15) is 0 Å². The van der Waals surface area contributed by atoms with Crippen LogP contribution in [0, 0.1) is 0 Å². The molecule has 1 aromatic rings. The van der Waals surface area contributed by atoms with Crippen LogP contribution in [-0.4, -0.2) is 39.7 Å². The number of pyridine rings is 1. The van der Waals surface area contributed by atoms with Crippen molar-refractivity contribution >= 4 is 46.7 Å². The molecule has 0 saturated carbocycles. The molecule has 98 valence electrons. The fraction of sp³-hybridized carbons (Fsp3) is 0.222. The largest absolute Gasteiger partial charge is 0.480 e. The third kappa shape index (κ3) is 3.23. The van der Waals surface area contributed by atoms with Crippen LogP contribution in [0.4, 0.5) is 0 Å². The summed E-state index contributed by atoms with van der Waals surface area (Å²) in [7, 11) is 0. The van der Waals surface area contributed by atoms with E-state index in [1.807, 2.05) is 5.32 Å². The van der Waals surface area contributed by atoms with Gasteiger partial charge in [-0.25, -0.2) is 9.78 Å². The third-order valence-corrected chi connectivity index (χ3v) is 3.16. The van der Waals surface area contributed by atoms with Crippen molar-refractivity contribution in [2.75, 3.05) is 6.61 Å². The lowest BCUT2D eigenvalue weighted by molar-refractivity contribution is -0.140. The molecule has 0 saturated heterocycles. The van der Waals surface area contributed by atoms with E-state index in [2.05, 4.69) is 4.98 Å². The number of aliphatic hydroxyl groups excluding tert-OH is 1. The van der Waals surface area contributed by atoms with Gasteiger partial charge >= 0.3 is 5.97 Å². The molecule has 9 heteroatoms. The molecule has 0 fully saturated rings. The number of amides is 1. The predicted molar refractivity (Wildman–Crippen MR) is 65.2 cm³/mol. The number of aromatic nitrogens is 1. The molecule has 0 spiro atoms. The second-order valence-electron chi connectivity index (χ2n) is 3.13. The van der Waals surface area contributed by atoms with Crippen molar-refractivity contribution in [3.05, 3.63) is 27.0 Å². The molecule has 0 bridgehead atoms. The fourth-order valence-corrected chi connectivity index (χ4v) is 1.58. The van der Waals surface area contributed by atoms with Gasteiger partial charge in [-0.1, -0.05) is 34.8 Å². The molecule has 6 nitrogen and oxygen atoms in total. The standard InChI is InChI=1S/C9H7Cl3N2O4/c10-3-1-13-7(6(12)5(3)11)8(16)14-4(2-15)9(17)18/h1,4,15H,2H2,(H,14,16)(H,17,18). The molecule has 1 rings (SSSR count). The van der Waals surface area contributed by atoms with Gasteiger partial charge < -0.3 is 15.5 Å². The zero-order valence-electron chi connectivity index (χ0n) is 8.65. The maximum atomic E-state index is 11.7. The molecule has 18 heavy (non-hydrogen) atoms. The van der Waals surface area contributed by atoms with Gasteiger partial charge in [-0.3, -0.25) is 4.79 Å². The zero-order valence-corrected chi connectivity index (χ0v) is 10.9. The summed E-state index contributed by atoms with van der Waals surface area (Å²) < 4.78 is 0. The summed E-state index contributed by atoms with van der Waals surface area (Å²) in [5, 5.41) is 19.3. The van der Waals surface area contributed by atoms with Gasteiger partial charge in [0.2, 0.25) is 0 Å². The summed E-state index contributed by atoms with van der Waals surface area (Å²) in [5.41, 5.74) is -0.272. The number of carbonyl (C=O) groups excluding carboxylic acids is 1. The Morgan fingerprint density at radius 3 is 2.44 bits per heavy atom. The van der Waals surface area contributed by atoms with Crippen molar-refractivity contribution in [2.45, 2.75) is 6.04 Å². The van der Waals surface area contributed by atoms with Crippen LogP contribution in [0.5, 0.6) is 0 Å². The number of carboxylic acid groups (broad SMARTS) is 1. The van der Waals surface area contributed by atoms with Gasteiger partial charge in [0.05, 0.1) is 21.7 Å². The molecule has 1 aromatic heterocycles. The SMILES string of the molecule is O=C(NC(CO)C(=O)O)c1ncc(Cl)c(Cl)c1Cl. The van der Waals surface area contributed by atoms with Crippen LogP contribution >= 0.6 is 34.8 Å². The lowest BCUT2D eigenvalue weighted by Crippen LogP contribution is -2.43. The van der Waals surface area contributed by atoms with Gasteiger partial charge in [0.1, 0.15) is 5.69 Å². The summed E-state index contributed by atoms with van der Waals surface area (Å²) >= 11 is 17.1. The van der Waals surface area contributed by atoms with E-state index in [9.17, 15) is 9.59 Å². The van der Waals surface area contributed by atoms with Crippen LogP contribution in [0.3, 0.4) is 0 Å². The van der Waals surface area contributed by atoms with Crippen LogP contribution < -0.4 is 5.32 Å². The molecule has 1 atom stereocenters. The fourth-order valence-electron chi connectivity index (χ4n) is 1.01. The van der Waals surface area contributed by atoms with E-state index >= 15 is 0 Å². The lowest BCUT2D eigenvalue weighted by Gasteiger charge is -2.12. The smallest absolute Gasteiger partial charge is 0.328 e. The molecule has 0 aliphatic heterocycles. The molecule has 1 heterocycles. The zero-order chi connectivity index (χ0) is 13.9. The lowest BCUT2D eigenvalue weighted by atomic mass is 10.2. The van der Waals surface area contributed by atoms with Crippen LogP contribution in [-0.2, 0) is 4.79 Å². The first-order valence-corrected chi connectivity index (χ1v) is 5.66. The van der Waals surface area contributed by atoms with E-state index in [4.69, 9.17) is 45.0 Å². The summed E-state index contributed by atoms with van der Waals surface area (Å²) in [6.45, 7) is -0.764. The number of halogens is 3. The first-order valence-electron chi connectivity index (χ1n) is 4.52. The topological polar surface area (TPSA) is 99.5 Å². The van der Waals surface area contributed by atoms with Crippen LogP contribution in [0.15, 0.2) is 6.20 Å². The van der Waals surface area contributed by atoms with E-state index in [-0.39, 0.29) is 20.8 Å². The monoisotopic (exact) mass is 312 g/mol. The molecule has 1 unspecified atom stereocenters. The van der Waals surface area contributed by atoms with Crippen molar-refractivity contribution in [2.24, 2.45) is 0 Å². The highest BCUT2D eigenvalue weighted by molar-refractivity contribution is 6.48. The Bertz CT molecular complexity index is 495. The average molecular weight is 314 g/mol. The quantitative estimate of drug-likeness (QED) is 0.776. The summed E-state index contributed by atoms with van der Waals surface area (Å²) in [6.07, 6.45) is 1.11. The van der Waals surface area contributed by atoms with Gasteiger partial charge in [0, 0.05) is 6.20 Å². The second-order valence-corrected chi connectivity index (χ2v) is 4.29. The summed E-state index contributed by atoms with van der Waals surface area (Å²) in [5.74, 6) is -2.26. The number of carboxylic acids is 1. The van der Waals surface area contributed by atoms with E-state index in [0.717, 1.165) is 6.20 Å². The Morgan fingerprint density at radius 2 is 1.94 bits per heavy atom. The van der Waals surface area contributed by atoms with Gasteiger partial charge in [0.25, 0.3) is 5.91 Å².